The molecule has 0 heterocycles. The summed E-state index contributed by atoms with van der Waals surface area (Å²) in [4.78, 5) is 35.8. The summed E-state index contributed by atoms with van der Waals surface area (Å²) in [7, 11) is 0. The Bertz CT molecular complexity index is 1000. The van der Waals surface area contributed by atoms with Gasteiger partial charge >= 0.3 is 0 Å². The average molecular weight is 443 g/mol. The number of anilines is 1. The van der Waals surface area contributed by atoms with E-state index in [1.54, 1.807) is 54.6 Å². The minimum atomic E-state index is -0.475. The molecule has 0 radical (unpaired) electrons. The highest BCUT2D eigenvalue weighted by molar-refractivity contribution is 7.80. The number of nitrogens with one attached hydrogen (secondary N) is 4. The van der Waals surface area contributed by atoms with Gasteiger partial charge in [0.05, 0.1) is 0 Å². The molecule has 3 amide bonds. The fourth-order valence-corrected chi connectivity index (χ4v) is 2.79. The predicted octanol–water partition coefficient (Wildman–Crippen LogP) is 3.04. The van der Waals surface area contributed by atoms with Crippen molar-refractivity contribution >= 4 is 58.4 Å². The van der Waals surface area contributed by atoms with Crippen molar-refractivity contribution in [1.29, 1.82) is 0 Å². The first-order valence-corrected chi connectivity index (χ1v) is 9.96. The van der Waals surface area contributed by atoms with E-state index in [0.717, 1.165) is 12.8 Å². The van der Waals surface area contributed by atoms with E-state index in [1.807, 2.05) is 0 Å². The summed E-state index contributed by atoms with van der Waals surface area (Å²) in [5.74, 6) is -0.817. The van der Waals surface area contributed by atoms with Crippen LogP contribution in [-0.4, -0.2) is 22.8 Å². The van der Waals surface area contributed by atoms with Crippen LogP contribution in [0.25, 0.3) is 6.08 Å². The van der Waals surface area contributed by atoms with Gasteiger partial charge in [0.25, 0.3) is 5.91 Å². The Balaban J connectivity index is 1.43. The first kappa shape index (κ1) is 21.5. The van der Waals surface area contributed by atoms with Gasteiger partial charge in [-0.05, 0) is 67.0 Å². The highest BCUT2D eigenvalue weighted by Crippen LogP contribution is 2.30. The molecule has 0 bridgehead atoms. The first-order chi connectivity index (χ1) is 14.4. The van der Waals surface area contributed by atoms with Crippen LogP contribution in [0.4, 0.5) is 5.69 Å². The van der Waals surface area contributed by atoms with E-state index >= 15 is 0 Å². The maximum atomic E-state index is 12.2. The van der Waals surface area contributed by atoms with Crippen LogP contribution in [0.3, 0.4) is 0 Å². The minimum absolute atomic E-state index is 0.00135. The van der Waals surface area contributed by atoms with Crippen LogP contribution in [-0.2, 0) is 9.59 Å². The highest BCUT2D eigenvalue weighted by atomic mass is 35.5. The average Bonchev–Trinajstić information content (AvgIpc) is 3.57. The summed E-state index contributed by atoms with van der Waals surface area (Å²) in [5, 5.41) is 5.67. The number of amides is 3. The van der Waals surface area contributed by atoms with Gasteiger partial charge in [-0.1, -0.05) is 29.8 Å². The van der Waals surface area contributed by atoms with Crippen molar-refractivity contribution in [2.24, 2.45) is 5.92 Å². The molecule has 7 nitrogen and oxygen atoms in total. The smallest absolute Gasteiger partial charge is 0.269 e. The number of halogens is 1. The minimum Gasteiger partial charge on any atom is -0.326 e. The van der Waals surface area contributed by atoms with Gasteiger partial charge in [-0.3, -0.25) is 30.6 Å². The normalized spacial score (nSPS) is 12.8. The Morgan fingerprint density at radius 2 is 1.70 bits per heavy atom. The summed E-state index contributed by atoms with van der Waals surface area (Å²) >= 11 is 11.0. The molecular weight excluding hydrogens is 424 g/mol. The van der Waals surface area contributed by atoms with Gasteiger partial charge in [0.1, 0.15) is 0 Å². The van der Waals surface area contributed by atoms with Crippen molar-refractivity contribution in [3.05, 3.63) is 70.8 Å². The van der Waals surface area contributed by atoms with Crippen molar-refractivity contribution in [3.8, 4) is 0 Å². The lowest BCUT2D eigenvalue weighted by Gasteiger charge is -2.10. The molecule has 4 N–H and O–H groups in total. The van der Waals surface area contributed by atoms with Gasteiger partial charge in [-0.25, -0.2) is 0 Å². The Kier molecular flexibility index (Phi) is 7.16. The Hall–Kier alpha value is -3.23. The summed E-state index contributed by atoms with van der Waals surface area (Å²) in [6.07, 6.45) is 4.68. The monoisotopic (exact) mass is 442 g/mol. The fourth-order valence-electron chi connectivity index (χ4n) is 2.44. The van der Waals surface area contributed by atoms with Crippen LogP contribution in [0.1, 0.15) is 28.8 Å². The van der Waals surface area contributed by atoms with E-state index in [1.165, 1.54) is 6.08 Å². The zero-order valence-electron chi connectivity index (χ0n) is 15.8. The van der Waals surface area contributed by atoms with Crippen LogP contribution >= 0.6 is 23.8 Å². The van der Waals surface area contributed by atoms with Gasteiger partial charge < -0.3 is 5.32 Å². The fraction of sp³-hybridized carbons (Fsp3) is 0.143. The van der Waals surface area contributed by atoms with Gasteiger partial charge in [0, 0.05) is 28.3 Å². The van der Waals surface area contributed by atoms with Crippen molar-refractivity contribution in [3.63, 3.8) is 0 Å². The number of carbonyl (C=O) groups excluding carboxylic acids is 3. The second kappa shape index (κ2) is 10.00. The summed E-state index contributed by atoms with van der Waals surface area (Å²) in [5.41, 5.74) is 6.54. The first-order valence-electron chi connectivity index (χ1n) is 9.17. The van der Waals surface area contributed by atoms with Gasteiger partial charge in [-0.15, -0.1) is 0 Å². The number of thiocarbonyl (C=S) groups is 1. The quantitative estimate of drug-likeness (QED) is 0.324. The number of rotatable bonds is 5. The largest absolute Gasteiger partial charge is 0.326 e. The number of benzene rings is 2. The van der Waals surface area contributed by atoms with Crippen molar-refractivity contribution in [2.45, 2.75) is 12.8 Å². The van der Waals surface area contributed by atoms with Crippen LogP contribution in [0, 0.1) is 5.92 Å². The van der Waals surface area contributed by atoms with E-state index in [9.17, 15) is 14.4 Å². The molecule has 3 rings (SSSR count). The zero-order valence-corrected chi connectivity index (χ0v) is 17.3. The second-order valence-electron chi connectivity index (χ2n) is 6.59. The van der Waals surface area contributed by atoms with Gasteiger partial charge in [0.2, 0.25) is 11.8 Å². The molecule has 0 spiro atoms. The third kappa shape index (κ3) is 6.40. The van der Waals surface area contributed by atoms with Crippen LogP contribution in [0.2, 0.25) is 5.02 Å². The van der Waals surface area contributed by atoms with Crippen molar-refractivity contribution in [1.82, 2.24) is 16.2 Å². The zero-order chi connectivity index (χ0) is 21.5. The summed E-state index contributed by atoms with van der Waals surface area (Å²) in [6.45, 7) is 0. The van der Waals surface area contributed by atoms with E-state index in [0.29, 0.717) is 21.8 Å². The molecule has 0 atom stereocenters. The Morgan fingerprint density at radius 3 is 2.37 bits per heavy atom. The lowest BCUT2D eigenvalue weighted by molar-refractivity contribution is -0.117. The SMILES string of the molecule is O=C(/C=C/c1ccccc1Cl)NC(=S)NNC(=O)c1ccc(NC(=O)C2CC2)cc1. The van der Waals surface area contributed by atoms with Gasteiger partial charge in [0.15, 0.2) is 5.11 Å². The maximum absolute atomic E-state index is 12.2. The lowest BCUT2D eigenvalue weighted by Crippen LogP contribution is -2.48. The van der Waals surface area contributed by atoms with Crippen LogP contribution < -0.4 is 21.5 Å². The van der Waals surface area contributed by atoms with E-state index < -0.39 is 11.8 Å². The summed E-state index contributed by atoms with van der Waals surface area (Å²) < 4.78 is 0. The number of carbonyl (C=O) groups is 3. The lowest BCUT2D eigenvalue weighted by atomic mass is 10.2. The third-order valence-corrected chi connectivity index (χ3v) is 4.76. The number of hydrazine groups is 1. The molecule has 1 aliphatic rings. The molecule has 0 saturated heterocycles. The van der Waals surface area contributed by atoms with Crippen LogP contribution in [0.15, 0.2) is 54.6 Å². The molecule has 0 aliphatic heterocycles. The molecule has 30 heavy (non-hydrogen) atoms. The van der Waals surface area contributed by atoms with Crippen LogP contribution in [0.5, 0.6) is 0 Å². The predicted molar refractivity (Wildman–Crippen MR) is 120 cm³/mol. The second-order valence-corrected chi connectivity index (χ2v) is 7.41. The molecule has 2 aromatic rings. The molecule has 2 aromatic carbocycles. The third-order valence-electron chi connectivity index (χ3n) is 4.21. The molecule has 1 aliphatic carbocycles. The molecule has 154 valence electrons. The molecule has 1 saturated carbocycles. The summed E-state index contributed by atoms with van der Waals surface area (Å²) in [6, 6.07) is 13.5. The molecule has 9 heteroatoms. The van der Waals surface area contributed by atoms with Crippen molar-refractivity contribution in [2.75, 3.05) is 5.32 Å². The Labute approximate surface area is 183 Å². The molecular formula is C21H19ClN4O3S. The standard InChI is InChI=1S/C21H19ClN4O3S/c22-17-4-2-1-3-13(17)9-12-18(27)24-21(30)26-25-20(29)15-7-10-16(11-8-15)23-19(28)14-5-6-14/h1-4,7-12,14H,5-6H2,(H,23,28)(H,25,29)(H2,24,26,27,30)/b12-9+. The van der Waals surface area contributed by atoms with Crippen molar-refractivity contribution < 1.29 is 14.4 Å². The maximum Gasteiger partial charge on any atom is 0.269 e. The number of hydrogen-bond donors (Lipinski definition) is 4. The molecule has 1 fully saturated rings. The van der Waals surface area contributed by atoms with E-state index in [4.69, 9.17) is 23.8 Å². The molecule has 0 aromatic heterocycles. The molecule has 0 unspecified atom stereocenters. The van der Waals surface area contributed by atoms with E-state index in [-0.39, 0.29) is 16.9 Å². The Morgan fingerprint density at radius 1 is 1.00 bits per heavy atom. The topological polar surface area (TPSA) is 99.3 Å². The number of hydrogen-bond acceptors (Lipinski definition) is 4. The van der Waals surface area contributed by atoms with Gasteiger partial charge in [-0.2, -0.15) is 0 Å². The van der Waals surface area contributed by atoms with E-state index in [2.05, 4.69) is 21.5 Å². The highest BCUT2D eigenvalue weighted by Gasteiger charge is 2.29.